The summed E-state index contributed by atoms with van der Waals surface area (Å²) in [5.41, 5.74) is 30.5. The van der Waals surface area contributed by atoms with Crippen molar-refractivity contribution in [1.82, 2.24) is 0 Å². The lowest BCUT2D eigenvalue weighted by atomic mass is 9.84. The van der Waals surface area contributed by atoms with Crippen LogP contribution < -0.4 is 28.7 Å². The number of aliphatic hydroxyl groups excluding tert-OH is 5. The van der Waals surface area contributed by atoms with Gasteiger partial charge >= 0.3 is 0 Å². The molecular formula is C22H45N5O11. The van der Waals surface area contributed by atoms with Gasteiger partial charge in [0.15, 0.2) is 12.6 Å². The zero-order chi connectivity index (χ0) is 28.1. The first-order valence-electron chi connectivity index (χ1n) is 12.9. The van der Waals surface area contributed by atoms with Gasteiger partial charge in [0.05, 0.1) is 50.7 Å². The first-order valence-corrected chi connectivity index (χ1v) is 12.9. The Morgan fingerprint density at radius 1 is 0.711 bits per heavy atom. The Morgan fingerprint density at radius 3 is 1.92 bits per heavy atom. The second kappa shape index (κ2) is 14.3. The van der Waals surface area contributed by atoms with E-state index in [2.05, 4.69) is 0 Å². The molecule has 2 heterocycles. The highest BCUT2D eigenvalue weighted by Gasteiger charge is 2.52. The van der Waals surface area contributed by atoms with Crippen molar-refractivity contribution < 1.29 is 54.0 Å². The molecule has 0 amide bonds. The van der Waals surface area contributed by atoms with Gasteiger partial charge in [0.25, 0.3) is 0 Å². The van der Waals surface area contributed by atoms with E-state index < -0.39 is 91.7 Å². The Balaban J connectivity index is 1.85. The molecule has 0 aromatic rings. The monoisotopic (exact) mass is 555 g/mol. The van der Waals surface area contributed by atoms with Crippen molar-refractivity contribution in [3.05, 3.63) is 0 Å². The second-order valence-electron chi connectivity index (χ2n) is 10.00. The van der Waals surface area contributed by atoms with Crippen molar-refractivity contribution in [3.63, 3.8) is 0 Å². The molecule has 38 heavy (non-hydrogen) atoms. The minimum Gasteiger partial charge on any atom is -0.394 e. The van der Waals surface area contributed by atoms with Crippen LogP contribution in [0.4, 0.5) is 0 Å². The van der Waals surface area contributed by atoms with Gasteiger partial charge < -0.3 is 82.6 Å². The average Bonchev–Trinajstić information content (AvgIpc) is 2.89. The van der Waals surface area contributed by atoms with E-state index in [0.717, 1.165) is 0 Å². The van der Waals surface area contributed by atoms with Crippen LogP contribution >= 0.6 is 0 Å². The van der Waals surface area contributed by atoms with Gasteiger partial charge in [-0.1, -0.05) is 0 Å². The molecule has 1 saturated carbocycles. The molecule has 0 bridgehead atoms. The molecule has 0 unspecified atom stereocenters. The lowest BCUT2D eigenvalue weighted by Crippen LogP contribution is -2.69. The van der Waals surface area contributed by atoms with E-state index in [1.165, 1.54) is 0 Å². The van der Waals surface area contributed by atoms with Gasteiger partial charge in [-0.15, -0.1) is 0 Å². The predicted octanol–water partition coefficient (Wildman–Crippen LogP) is -6.26. The standard InChI is InChI=1S/C22H45N5O11/c1-8-12(26)18(33-4-2-28)20(34-5-3-29)22(35-8)38-19-14(30)9(24)6-10(25)17(19)37-21-13(27)16(32)15(31)11(7-23)36-21/h8-22,28-32H,2-7,23-27H2,1H3/t8-,9-,10+,11-,12-,13-,14+,15-,16-,17-,18+,19-,20-,21-,22+/m1/s1. The van der Waals surface area contributed by atoms with Crippen LogP contribution in [0.25, 0.3) is 0 Å². The summed E-state index contributed by atoms with van der Waals surface area (Å²) in [5, 5.41) is 50.2. The third kappa shape index (κ3) is 6.98. The van der Waals surface area contributed by atoms with Crippen LogP contribution in [0.2, 0.25) is 0 Å². The van der Waals surface area contributed by atoms with E-state index in [4.69, 9.17) is 57.1 Å². The van der Waals surface area contributed by atoms with Crippen LogP contribution in [0.5, 0.6) is 0 Å². The molecular weight excluding hydrogens is 510 g/mol. The van der Waals surface area contributed by atoms with E-state index in [1.807, 2.05) is 0 Å². The first-order chi connectivity index (χ1) is 18.0. The van der Waals surface area contributed by atoms with E-state index in [9.17, 15) is 25.5 Å². The van der Waals surface area contributed by atoms with Crippen molar-refractivity contribution in [3.8, 4) is 0 Å². The maximum atomic E-state index is 11.0. The summed E-state index contributed by atoms with van der Waals surface area (Å²) in [6.07, 6.45) is -11.8. The van der Waals surface area contributed by atoms with Crippen LogP contribution in [0.1, 0.15) is 13.3 Å². The Hall–Kier alpha value is -0.640. The smallest absolute Gasteiger partial charge is 0.187 e. The molecule has 3 aliphatic rings. The van der Waals surface area contributed by atoms with Gasteiger partial charge in [-0.2, -0.15) is 0 Å². The highest BCUT2D eigenvalue weighted by Crippen LogP contribution is 2.33. The fourth-order valence-electron chi connectivity index (χ4n) is 5.07. The number of hydrogen-bond donors (Lipinski definition) is 10. The fourth-order valence-corrected chi connectivity index (χ4v) is 5.07. The first kappa shape index (κ1) is 31.9. The van der Waals surface area contributed by atoms with Crippen LogP contribution in [0.15, 0.2) is 0 Å². The molecule has 2 saturated heterocycles. The van der Waals surface area contributed by atoms with Crippen LogP contribution in [-0.4, -0.2) is 150 Å². The average molecular weight is 556 g/mol. The summed E-state index contributed by atoms with van der Waals surface area (Å²) in [4.78, 5) is 0. The lowest BCUT2D eigenvalue weighted by molar-refractivity contribution is -0.335. The van der Waals surface area contributed by atoms with Crippen molar-refractivity contribution >= 4 is 0 Å². The van der Waals surface area contributed by atoms with Gasteiger partial charge in [-0.25, -0.2) is 0 Å². The molecule has 0 aromatic heterocycles. The summed E-state index contributed by atoms with van der Waals surface area (Å²) in [7, 11) is 0. The number of ether oxygens (including phenoxy) is 6. The summed E-state index contributed by atoms with van der Waals surface area (Å²) >= 11 is 0. The lowest BCUT2D eigenvalue weighted by Gasteiger charge is -2.49. The van der Waals surface area contributed by atoms with Crippen molar-refractivity contribution in [2.45, 2.75) is 105 Å². The third-order valence-corrected chi connectivity index (χ3v) is 7.29. The zero-order valence-corrected chi connectivity index (χ0v) is 21.5. The topological polar surface area (TPSA) is 287 Å². The Kier molecular flexibility index (Phi) is 12.0. The van der Waals surface area contributed by atoms with E-state index in [-0.39, 0.29) is 39.4 Å². The SMILES string of the molecule is C[C@H]1O[C@@H](O[C@@H]2[C@@H](O)[C@H](N)C[C@H](N)[C@H]2O[C@H]2O[C@H](CN)[C@@H](O)[C@H](O)[C@H]2N)[C@H](OCCO)[C@@H](OCCO)[C@@H]1N. The molecule has 224 valence electrons. The molecule has 16 nitrogen and oxygen atoms in total. The minimum absolute atomic E-state index is 0.0300. The fraction of sp³-hybridized carbons (Fsp3) is 1.00. The molecule has 2 aliphatic heterocycles. The number of aliphatic hydroxyl groups is 5. The summed E-state index contributed by atoms with van der Waals surface area (Å²) in [5.74, 6) is 0. The molecule has 0 aromatic carbocycles. The van der Waals surface area contributed by atoms with Crippen LogP contribution in [0, 0.1) is 0 Å². The Bertz CT molecular complexity index is 715. The van der Waals surface area contributed by atoms with E-state index in [0.29, 0.717) is 0 Å². The number of rotatable bonds is 11. The molecule has 1 aliphatic carbocycles. The van der Waals surface area contributed by atoms with E-state index >= 15 is 0 Å². The molecule has 3 fully saturated rings. The van der Waals surface area contributed by atoms with Crippen LogP contribution in [-0.2, 0) is 28.4 Å². The van der Waals surface area contributed by atoms with Crippen molar-refractivity contribution in [1.29, 1.82) is 0 Å². The molecule has 0 radical (unpaired) electrons. The largest absolute Gasteiger partial charge is 0.394 e. The third-order valence-electron chi connectivity index (χ3n) is 7.29. The normalized spacial score (nSPS) is 48.2. The Morgan fingerprint density at radius 2 is 1.32 bits per heavy atom. The van der Waals surface area contributed by atoms with Gasteiger partial charge in [-0.3, -0.25) is 0 Å². The predicted molar refractivity (Wildman–Crippen MR) is 130 cm³/mol. The van der Waals surface area contributed by atoms with Crippen molar-refractivity contribution in [2.24, 2.45) is 28.7 Å². The van der Waals surface area contributed by atoms with Gasteiger partial charge in [0, 0.05) is 18.6 Å². The minimum atomic E-state index is -1.39. The van der Waals surface area contributed by atoms with Crippen molar-refractivity contribution in [2.75, 3.05) is 33.0 Å². The summed E-state index contributed by atoms with van der Waals surface area (Å²) in [6.45, 7) is 0.909. The highest BCUT2D eigenvalue weighted by atomic mass is 16.7. The van der Waals surface area contributed by atoms with E-state index in [1.54, 1.807) is 6.92 Å². The summed E-state index contributed by atoms with van der Waals surface area (Å²) < 4.78 is 35.5. The van der Waals surface area contributed by atoms with Crippen LogP contribution in [0.3, 0.4) is 0 Å². The molecule has 15 N–H and O–H groups in total. The quantitative estimate of drug-likeness (QED) is 0.113. The zero-order valence-electron chi connectivity index (χ0n) is 21.5. The molecule has 0 spiro atoms. The number of hydrogen-bond acceptors (Lipinski definition) is 16. The molecule has 3 rings (SSSR count). The second-order valence-corrected chi connectivity index (χ2v) is 10.00. The van der Waals surface area contributed by atoms with Gasteiger partial charge in [-0.05, 0) is 13.3 Å². The maximum Gasteiger partial charge on any atom is 0.187 e. The van der Waals surface area contributed by atoms with Gasteiger partial charge in [0.2, 0.25) is 0 Å². The van der Waals surface area contributed by atoms with Gasteiger partial charge in [0.1, 0.15) is 42.7 Å². The summed E-state index contributed by atoms with van der Waals surface area (Å²) in [6, 6.07) is -3.35. The highest BCUT2D eigenvalue weighted by molar-refractivity contribution is 5.02. The Labute approximate surface area is 221 Å². The number of nitrogens with two attached hydrogens (primary N) is 5. The molecule has 15 atom stereocenters. The maximum absolute atomic E-state index is 11.0. The molecule has 16 heteroatoms.